The molecule has 1 aromatic rings. The number of aliphatic hydroxyl groups excluding tert-OH is 1. The molecule has 1 fully saturated rings. The molecule has 0 aliphatic carbocycles. The lowest BCUT2D eigenvalue weighted by atomic mass is 9.98. The Morgan fingerprint density at radius 2 is 2.10 bits per heavy atom. The third-order valence-electron chi connectivity index (χ3n) is 3.93. The van der Waals surface area contributed by atoms with Gasteiger partial charge in [0.25, 0.3) is 0 Å². The quantitative estimate of drug-likeness (QED) is 0.900. The molecule has 0 radical (unpaired) electrons. The monoisotopic (exact) mass is 298 g/mol. The zero-order valence-electron chi connectivity index (χ0n) is 12.0. The molecule has 1 atom stereocenters. The number of nitrogens with zero attached hydrogens (tertiary/aromatic N) is 1. The van der Waals surface area contributed by atoms with Crippen LogP contribution < -0.4 is 5.32 Å². The zero-order valence-corrected chi connectivity index (χ0v) is 12.0. The van der Waals surface area contributed by atoms with E-state index < -0.39 is 17.7 Å². The molecule has 116 valence electrons. The number of carbonyl (C=O) groups excluding carboxylic acids is 1. The second-order valence-corrected chi connectivity index (χ2v) is 5.45. The highest BCUT2D eigenvalue weighted by Crippen LogP contribution is 2.20. The van der Waals surface area contributed by atoms with E-state index in [1.807, 2.05) is 0 Å². The maximum atomic E-state index is 13.7. The first-order valence-electron chi connectivity index (χ1n) is 7.12. The van der Waals surface area contributed by atoms with Gasteiger partial charge in [-0.3, -0.25) is 0 Å². The molecule has 1 saturated heterocycles. The van der Waals surface area contributed by atoms with Crippen molar-refractivity contribution in [1.82, 2.24) is 10.2 Å². The normalized spacial score (nSPS) is 17.6. The third-order valence-corrected chi connectivity index (χ3v) is 3.93. The lowest BCUT2D eigenvalue weighted by molar-refractivity contribution is 0.136. The van der Waals surface area contributed by atoms with E-state index in [2.05, 4.69) is 5.32 Å². The topological polar surface area (TPSA) is 52.6 Å². The number of urea groups is 1. The fourth-order valence-electron chi connectivity index (χ4n) is 2.53. The Hall–Kier alpha value is -1.69. The highest BCUT2D eigenvalue weighted by atomic mass is 19.1. The molecule has 1 aliphatic rings. The minimum atomic E-state index is -0.665. The summed E-state index contributed by atoms with van der Waals surface area (Å²) < 4.78 is 26.5. The van der Waals surface area contributed by atoms with Crippen molar-refractivity contribution >= 4 is 6.03 Å². The summed E-state index contributed by atoms with van der Waals surface area (Å²) in [6.45, 7) is 2.96. The van der Waals surface area contributed by atoms with Crippen molar-refractivity contribution in [2.45, 2.75) is 25.8 Å². The Morgan fingerprint density at radius 3 is 2.67 bits per heavy atom. The van der Waals surface area contributed by atoms with Gasteiger partial charge >= 0.3 is 6.03 Å². The summed E-state index contributed by atoms with van der Waals surface area (Å²) in [5.74, 6) is -1.05. The molecule has 2 rings (SSSR count). The average Bonchev–Trinajstić information content (AvgIpc) is 2.47. The Morgan fingerprint density at radius 1 is 1.43 bits per heavy atom. The highest BCUT2D eigenvalue weighted by molar-refractivity contribution is 5.74. The molecule has 2 N–H and O–H groups in total. The largest absolute Gasteiger partial charge is 0.396 e. The molecule has 1 heterocycles. The number of likely N-dealkylation sites (tertiary alicyclic amines) is 1. The SMILES string of the molecule is CC(NC(=O)N1CCC(CO)CC1)c1ccc(F)cc1F. The van der Waals surface area contributed by atoms with Crippen LogP contribution in [-0.2, 0) is 0 Å². The molecule has 6 heteroatoms. The van der Waals surface area contributed by atoms with Gasteiger partial charge in [-0.1, -0.05) is 6.07 Å². The Kier molecular flexibility index (Phi) is 5.12. The molecule has 1 aromatic carbocycles. The van der Waals surface area contributed by atoms with Gasteiger partial charge in [-0.2, -0.15) is 0 Å². The molecule has 2 amide bonds. The Balaban J connectivity index is 1.93. The molecular weight excluding hydrogens is 278 g/mol. The Bertz CT molecular complexity index is 502. The summed E-state index contributed by atoms with van der Waals surface area (Å²) in [4.78, 5) is 13.8. The van der Waals surface area contributed by atoms with Gasteiger partial charge in [0.15, 0.2) is 0 Å². The van der Waals surface area contributed by atoms with Crippen molar-refractivity contribution in [3.8, 4) is 0 Å². The number of aliphatic hydroxyl groups is 1. The van der Waals surface area contributed by atoms with Crippen LogP contribution in [0.1, 0.15) is 31.4 Å². The second kappa shape index (κ2) is 6.85. The van der Waals surface area contributed by atoms with Gasteiger partial charge in [0.2, 0.25) is 0 Å². The van der Waals surface area contributed by atoms with Crippen LogP contribution in [-0.4, -0.2) is 35.7 Å². The van der Waals surface area contributed by atoms with Crippen molar-refractivity contribution in [1.29, 1.82) is 0 Å². The van der Waals surface area contributed by atoms with Gasteiger partial charge in [-0.25, -0.2) is 13.6 Å². The standard InChI is InChI=1S/C15H20F2N2O2/c1-10(13-3-2-12(16)8-14(13)17)18-15(21)19-6-4-11(9-20)5-7-19/h2-3,8,10-11,20H,4-7,9H2,1H3,(H,18,21). The zero-order chi connectivity index (χ0) is 15.4. The maximum absolute atomic E-state index is 13.7. The van der Waals surface area contributed by atoms with Crippen molar-refractivity contribution in [2.75, 3.05) is 19.7 Å². The first-order valence-corrected chi connectivity index (χ1v) is 7.12. The lowest BCUT2D eigenvalue weighted by Crippen LogP contribution is -2.45. The van der Waals surface area contributed by atoms with Crippen molar-refractivity contribution in [3.63, 3.8) is 0 Å². The van der Waals surface area contributed by atoms with E-state index >= 15 is 0 Å². The first kappa shape index (κ1) is 15.7. The summed E-state index contributed by atoms with van der Waals surface area (Å²) in [7, 11) is 0. The van der Waals surface area contributed by atoms with Crippen LogP contribution in [0.2, 0.25) is 0 Å². The highest BCUT2D eigenvalue weighted by Gasteiger charge is 2.24. The summed E-state index contributed by atoms with van der Waals surface area (Å²) in [6, 6.07) is 2.53. The van der Waals surface area contributed by atoms with Crippen molar-refractivity contribution in [3.05, 3.63) is 35.4 Å². The molecule has 0 bridgehead atoms. The smallest absolute Gasteiger partial charge is 0.317 e. The van der Waals surface area contributed by atoms with Crippen LogP contribution in [0.3, 0.4) is 0 Å². The number of nitrogens with one attached hydrogen (secondary N) is 1. The van der Waals surface area contributed by atoms with E-state index in [0.29, 0.717) is 13.1 Å². The molecule has 21 heavy (non-hydrogen) atoms. The van der Waals surface area contributed by atoms with Crippen LogP contribution >= 0.6 is 0 Å². The van der Waals surface area contributed by atoms with E-state index in [1.54, 1.807) is 11.8 Å². The Labute approximate surface area is 122 Å². The summed E-state index contributed by atoms with van der Waals surface area (Å²) >= 11 is 0. The molecular formula is C15H20F2N2O2. The number of amides is 2. The van der Waals surface area contributed by atoms with E-state index in [4.69, 9.17) is 5.11 Å². The van der Waals surface area contributed by atoms with Crippen molar-refractivity contribution < 1.29 is 18.7 Å². The summed E-state index contributed by atoms with van der Waals surface area (Å²) in [6.07, 6.45) is 1.53. The van der Waals surface area contributed by atoms with Crippen LogP contribution in [0.25, 0.3) is 0 Å². The molecule has 1 unspecified atom stereocenters. The van der Waals surface area contributed by atoms with Crippen molar-refractivity contribution in [2.24, 2.45) is 5.92 Å². The first-order chi connectivity index (χ1) is 10.0. The molecule has 1 aliphatic heterocycles. The van der Waals surface area contributed by atoms with Gasteiger partial charge in [0, 0.05) is 31.3 Å². The maximum Gasteiger partial charge on any atom is 0.317 e. The fourth-order valence-corrected chi connectivity index (χ4v) is 2.53. The number of hydrogen-bond donors (Lipinski definition) is 2. The van der Waals surface area contributed by atoms with Crippen LogP contribution in [0.15, 0.2) is 18.2 Å². The molecule has 0 saturated carbocycles. The number of carbonyl (C=O) groups is 1. The van der Waals surface area contributed by atoms with Gasteiger partial charge in [-0.15, -0.1) is 0 Å². The van der Waals surface area contributed by atoms with Gasteiger partial charge in [0.05, 0.1) is 6.04 Å². The summed E-state index contributed by atoms with van der Waals surface area (Å²) in [5.41, 5.74) is 0.259. The molecule has 0 spiro atoms. The number of halogens is 2. The van der Waals surface area contributed by atoms with Crippen LogP contribution in [0.5, 0.6) is 0 Å². The van der Waals surface area contributed by atoms with E-state index in [-0.39, 0.29) is 24.1 Å². The van der Waals surface area contributed by atoms with E-state index in [9.17, 15) is 13.6 Å². The molecule has 0 aromatic heterocycles. The van der Waals surface area contributed by atoms with E-state index in [0.717, 1.165) is 18.9 Å². The van der Waals surface area contributed by atoms with Gasteiger partial charge < -0.3 is 15.3 Å². The minimum absolute atomic E-state index is 0.145. The predicted octanol–water partition coefficient (Wildman–Crippen LogP) is 2.44. The predicted molar refractivity (Wildman–Crippen MR) is 74.7 cm³/mol. The van der Waals surface area contributed by atoms with E-state index in [1.165, 1.54) is 12.1 Å². The van der Waals surface area contributed by atoms with Crippen LogP contribution in [0.4, 0.5) is 13.6 Å². The summed E-state index contributed by atoms with van der Waals surface area (Å²) in [5, 5.41) is 11.8. The molecule has 4 nitrogen and oxygen atoms in total. The van der Waals surface area contributed by atoms with Gasteiger partial charge in [-0.05, 0) is 31.7 Å². The fraction of sp³-hybridized carbons (Fsp3) is 0.533. The second-order valence-electron chi connectivity index (χ2n) is 5.45. The van der Waals surface area contributed by atoms with Gasteiger partial charge in [0.1, 0.15) is 11.6 Å². The minimum Gasteiger partial charge on any atom is -0.396 e. The number of hydrogen-bond acceptors (Lipinski definition) is 2. The van der Waals surface area contributed by atoms with Crippen LogP contribution in [0, 0.1) is 17.6 Å². The number of rotatable bonds is 3. The third kappa shape index (κ3) is 3.91. The average molecular weight is 298 g/mol. The number of piperidine rings is 1. The lowest BCUT2D eigenvalue weighted by Gasteiger charge is -2.32. The number of benzene rings is 1.